The fraction of sp³-hybridized carbons (Fsp3) is 0.625. The van der Waals surface area contributed by atoms with Crippen LogP contribution in [0.25, 0.3) is 0 Å². The Bertz CT molecular complexity index is 897. The van der Waals surface area contributed by atoms with Gasteiger partial charge in [-0.1, -0.05) is 58.6 Å². The van der Waals surface area contributed by atoms with E-state index in [4.69, 9.17) is 139 Å². The van der Waals surface area contributed by atoms with E-state index in [2.05, 4.69) is 0 Å². The molecular formula is C16H6CaCl12O4. The van der Waals surface area contributed by atoms with Crippen LogP contribution in [-0.4, -0.2) is 99.3 Å². The quantitative estimate of drug-likeness (QED) is 0.322. The summed E-state index contributed by atoms with van der Waals surface area (Å²) in [5.41, 5.74) is -0.655. The Kier molecular flexibility index (Phi) is 9.48. The largest absolute Gasteiger partial charge is 2.00 e. The van der Waals surface area contributed by atoms with Crippen LogP contribution in [0.5, 0.6) is 0 Å². The van der Waals surface area contributed by atoms with Gasteiger partial charge in [0.25, 0.3) is 0 Å². The molecule has 8 unspecified atom stereocenters. The molecule has 0 aromatic carbocycles. The molecule has 0 saturated heterocycles. The van der Waals surface area contributed by atoms with Gasteiger partial charge in [0.1, 0.15) is 19.5 Å². The van der Waals surface area contributed by atoms with Gasteiger partial charge in [0.05, 0.1) is 33.4 Å². The van der Waals surface area contributed by atoms with Gasteiger partial charge in [0, 0.05) is 0 Å². The Morgan fingerprint density at radius 3 is 1.00 bits per heavy atom. The molecule has 4 bridgehead atoms. The fourth-order valence-electron chi connectivity index (χ4n) is 4.10. The number of carboxylic acid groups (broad SMARTS) is 2. The third kappa shape index (κ3) is 3.78. The molecule has 33 heavy (non-hydrogen) atoms. The average molecular weight is 728 g/mol. The van der Waals surface area contributed by atoms with Crippen molar-refractivity contribution >= 4 is 189 Å². The van der Waals surface area contributed by atoms with E-state index in [1.165, 1.54) is 0 Å². The van der Waals surface area contributed by atoms with Crippen molar-refractivity contribution in [1.82, 2.24) is 0 Å². The van der Waals surface area contributed by atoms with Gasteiger partial charge in [0.15, 0.2) is 8.67 Å². The van der Waals surface area contributed by atoms with E-state index in [1.807, 2.05) is 0 Å². The predicted molar refractivity (Wildman–Crippen MR) is 134 cm³/mol. The molecule has 8 atom stereocenters. The van der Waals surface area contributed by atoms with E-state index in [0.717, 1.165) is 12.2 Å². The Morgan fingerprint density at radius 1 is 0.606 bits per heavy atom. The van der Waals surface area contributed by atoms with Gasteiger partial charge in [0.2, 0.25) is 0 Å². The molecular weight excluding hydrogens is 722 g/mol. The number of halogens is 12. The molecule has 4 aliphatic carbocycles. The number of carbonyl (C=O) groups excluding carboxylic acids is 2. The molecule has 0 heterocycles. The first-order valence-corrected chi connectivity index (χ1v) is 12.9. The molecule has 2 fully saturated rings. The number of aliphatic carboxylic acids is 2. The SMILES string of the molecule is O=C([O-])C1=CC2(Cl)C(Cl)C(Cl)C1(Cl)C2(Cl)Cl.O=C([O-])C1=CC2(Cl)C(Cl)C(Cl)C1(Cl)C2(Cl)Cl.[Ca+2]. The zero-order valence-corrected chi connectivity index (χ0v) is 26.6. The second kappa shape index (κ2) is 9.66. The average Bonchev–Trinajstić information content (AvgIpc) is 3.04. The zero-order valence-electron chi connectivity index (χ0n) is 15.3. The number of hydrogen-bond acceptors (Lipinski definition) is 4. The summed E-state index contributed by atoms with van der Waals surface area (Å²) in [4.78, 5) is 15.3. The molecule has 0 radical (unpaired) electrons. The van der Waals surface area contributed by atoms with E-state index >= 15 is 0 Å². The van der Waals surface area contributed by atoms with Crippen molar-refractivity contribution in [3.63, 3.8) is 0 Å². The van der Waals surface area contributed by atoms with Gasteiger partial charge < -0.3 is 19.8 Å². The van der Waals surface area contributed by atoms with Gasteiger partial charge in [-0.2, -0.15) is 0 Å². The van der Waals surface area contributed by atoms with E-state index in [-0.39, 0.29) is 48.9 Å². The van der Waals surface area contributed by atoms with Crippen LogP contribution in [0, 0.1) is 0 Å². The molecule has 0 aliphatic heterocycles. The summed E-state index contributed by atoms with van der Waals surface area (Å²) in [6, 6.07) is 0. The van der Waals surface area contributed by atoms with Crippen LogP contribution < -0.4 is 10.2 Å². The Labute approximate surface area is 277 Å². The van der Waals surface area contributed by atoms with Crippen LogP contribution in [0.2, 0.25) is 0 Å². The molecule has 0 aromatic heterocycles. The predicted octanol–water partition coefficient (Wildman–Crippen LogP) is 3.69. The maximum atomic E-state index is 10.9. The Hall–Kier alpha value is 3.16. The molecule has 180 valence electrons. The summed E-state index contributed by atoms with van der Waals surface area (Å²) in [6.07, 6.45) is 2.24. The minimum atomic E-state index is -1.81. The van der Waals surface area contributed by atoms with Gasteiger partial charge in [-0.25, -0.2) is 0 Å². The molecule has 4 nitrogen and oxygen atoms in total. The van der Waals surface area contributed by atoms with E-state index in [0.29, 0.717) is 0 Å². The maximum absolute atomic E-state index is 10.9. The Balaban J connectivity index is 0.000000227. The molecule has 2 saturated carbocycles. The van der Waals surface area contributed by atoms with Crippen molar-refractivity contribution in [2.24, 2.45) is 0 Å². The molecule has 0 aromatic rings. The maximum Gasteiger partial charge on any atom is 2.00 e. The summed E-state index contributed by atoms with van der Waals surface area (Å²) >= 11 is 72.5. The van der Waals surface area contributed by atoms with Gasteiger partial charge >= 0.3 is 37.7 Å². The van der Waals surface area contributed by atoms with Crippen molar-refractivity contribution in [1.29, 1.82) is 0 Å². The summed E-state index contributed by atoms with van der Waals surface area (Å²) in [5, 5.41) is 18.1. The first kappa shape index (κ1) is 32.4. The molecule has 4 aliphatic rings. The normalized spacial score (nSPS) is 47.8. The van der Waals surface area contributed by atoms with Crippen LogP contribution in [0.3, 0.4) is 0 Å². The number of alkyl halides is 12. The minimum absolute atomic E-state index is 0. The number of hydrogen-bond donors (Lipinski definition) is 0. The smallest absolute Gasteiger partial charge is 0.545 e. The van der Waals surface area contributed by atoms with Crippen LogP contribution in [0.1, 0.15) is 0 Å². The van der Waals surface area contributed by atoms with Gasteiger partial charge in [-0.15, -0.1) is 92.8 Å². The van der Waals surface area contributed by atoms with Crippen LogP contribution in [-0.2, 0) is 9.59 Å². The molecule has 17 heteroatoms. The summed E-state index contributed by atoms with van der Waals surface area (Å²) in [6.45, 7) is 0. The second-order valence-corrected chi connectivity index (χ2v) is 14.4. The standard InChI is InChI=1S/2C8H4Cl6O2.Ca/c2*9-3-4(10)7(12)2(5(15)16)1-6(3,11)8(7,13)14;/h2*1,3-4H,(H,15,16);/q;;+2/p-2. The number of rotatable bonds is 2. The van der Waals surface area contributed by atoms with Crippen LogP contribution in [0.4, 0.5) is 0 Å². The van der Waals surface area contributed by atoms with Crippen molar-refractivity contribution in [3.05, 3.63) is 23.3 Å². The first-order chi connectivity index (χ1) is 14.2. The minimum Gasteiger partial charge on any atom is -0.545 e. The van der Waals surface area contributed by atoms with Crippen molar-refractivity contribution in [3.8, 4) is 0 Å². The van der Waals surface area contributed by atoms with E-state index < -0.39 is 61.6 Å². The molecule has 4 rings (SSSR count). The number of carboxylic acids is 2. The van der Waals surface area contributed by atoms with Crippen LogP contribution in [0.15, 0.2) is 23.3 Å². The van der Waals surface area contributed by atoms with Gasteiger partial charge in [-0.3, -0.25) is 0 Å². The molecule has 0 amide bonds. The number of carbonyl (C=O) groups is 2. The monoisotopic (exact) mass is 722 g/mol. The topological polar surface area (TPSA) is 80.3 Å². The zero-order chi connectivity index (χ0) is 25.0. The summed E-state index contributed by atoms with van der Waals surface area (Å²) < 4.78 is -3.62. The number of fused-ring (bicyclic) bond motifs is 4. The summed E-state index contributed by atoms with van der Waals surface area (Å²) in [7, 11) is 0. The second-order valence-electron chi connectivity index (χ2n) is 7.41. The molecule has 0 spiro atoms. The third-order valence-corrected chi connectivity index (χ3v) is 14.9. The van der Waals surface area contributed by atoms with E-state index in [9.17, 15) is 19.8 Å². The molecule has 0 N–H and O–H groups in total. The fourth-order valence-corrected chi connectivity index (χ4v) is 9.86. The van der Waals surface area contributed by atoms with Crippen molar-refractivity contribution < 1.29 is 19.8 Å². The van der Waals surface area contributed by atoms with Crippen molar-refractivity contribution in [2.75, 3.05) is 0 Å². The van der Waals surface area contributed by atoms with Crippen LogP contribution >= 0.6 is 139 Å². The van der Waals surface area contributed by atoms with E-state index in [1.54, 1.807) is 0 Å². The summed E-state index contributed by atoms with van der Waals surface area (Å²) in [5.74, 6) is -3.03. The number of allylic oxidation sites excluding steroid dienone is 2. The third-order valence-electron chi connectivity index (χ3n) is 5.89. The van der Waals surface area contributed by atoms with Gasteiger partial charge in [-0.05, 0) is 11.1 Å². The Morgan fingerprint density at radius 2 is 0.848 bits per heavy atom. The van der Waals surface area contributed by atoms with Crippen molar-refractivity contribution in [2.45, 2.75) is 49.7 Å². The first-order valence-electron chi connectivity index (χ1n) is 8.18.